The lowest BCUT2D eigenvalue weighted by molar-refractivity contribution is -0.453. The predicted octanol–water partition coefficient (Wildman–Crippen LogP) is 3.41. The van der Waals surface area contributed by atoms with Gasteiger partial charge in [0.05, 0.1) is 0 Å². The smallest absolute Gasteiger partial charge is 0.228 e. The summed E-state index contributed by atoms with van der Waals surface area (Å²) in [5.74, 6) is 0. The van der Waals surface area contributed by atoms with Gasteiger partial charge in [-0.3, -0.25) is 0 Å². The van der Waals surface area contributed by atoms with Gasteiger partial charge in [0, 0.05) is 6.04 Å². The van der Waals surface area contributed by atoms with E-state index in [0.29, 0.717) is 6.04 Å². The van der Waals surface area contributed by atoms with Gasteiger partial charge >= 0.3 is 7.51 Å². The Morgan fingerprint density at radius 2 is 1.43 bits per heavy atom. The van der Waals surface area contributed by atoms with Gasteiger partial charge in [-0.05, 0) is 47.2 Å². The topological polar surface area (TPSA) is 12.7 Å². The van der Waals surface area contributed by atoms with Crippen molar-refractivity contribution in [3.05, 3.63) is 35.9 Å². The summed E-state index contributed by atoms with van der Waals surface area (Å²) in [6, 6.07) is 11.2. The second-order valence-electron chi connectivity index (χ2n) is 5.99. The third-order valence-corrected chi connectivity index (χ3v) is 8.40. The molecular weight excluding hydrogens is 279 g/mol. The van der Waals surface area contributed by atoms with E-state index in [9.17, 15) is 0 Å². The first-order chi connectivity index (χ1) is 9.79. The molecule has 0 spiro atoms. The summed E-state index contributed by atoms with van der Waals surface area (Å²) in [5, 5.41) is 0. The molecule has 0 aromatic heterocycles. The van der Waals surface area contributed by atoms with Gasteiger partial charge in [0.15, 0.2) is 0 Å². The number of benzene rings is 1. The molecule has 1 atom stereocenters. The molecule has 0 fully saturated rings. The Kier molecular flexibility index (Phi) is 6.61. The fourth-order valence-electron chi connectivity index (χ4n) is 3.50. The van der Waals surface area contributed by atoms with Gasteiger partial charge in [-0.2, -0.15) is 0 Å². The maximum atomic E-state index is 2.56. The van der Waals surface area contributed by atoms with E-state index in [1.54, 1.807) is 0 Å². The van der Waals surface area contributed by atoms with E-state index in [2.05, 4.69) is 105 Å². The third-order valence-electron chi connectivity index (χ3n) is 4.06. The minimum absolute atomic E-state index is 0.409. The van der Waals surface area contributed by atoms with Crippen LogP contribution in [0.3, 0.4) is 0 Å². The molecule has 1 aromatic carbocycles. The minimum atomic E-state index is -1.71. The van der Waals surface area contributed by atoms with Gasteiger partial charge in [0.25, 0.3) is 0 Å². The molecule has 0 aliphatic rings. The van der Waals surface area contributed by atoms with Crippen LogP contribution in [0.25, 0.3) is 0 Å². The van der Waals surface area contributed by atoms with Crippen LogP contribution in [0, 0.1) is 0 Å². The first-order valence-corrected chi connectivity index (χ1v) is 9.10. The Morgan fingerprint density at radius 3 is 1.76 bits per heavy atom. The summed E-state index contributed by atoms with van der Waals surface area (Å²) in [7, 11) is 13.6. The van der Waals surface area contributed by atoms with Crippen molar-refractivity contribution in [2.24, 2.45) is 0 Å². The number of nitrogens with zero attached hydrogens (tertiary/aromatic N) is 4. The highest BCUT2D eigenvalue weighted by Gasteiger charge is 2.42. The Hall–Kier alpha value is -0.670. The molecule has 0 radical (unpaired) electrons. The number of hydrogen-bond acceptors (Lipinski definition) is 0. The molecule has 0 saturated heterocycles. The van der Waals surface area contributed by atoms with Crippen LogP contribution >= 0.6 is 7.51 Å². The van der Waals surface area contributed by atoms with Crippen LogP contribution in [-0.2, 0) is 0 Å². The Balaban J connectivity index is 3.42. The van der Waals surface area contributed by atoms with Gasteiger partial charge in [-0.15, -0.1) is 0 Å². The molecule has 4 nitrogen and oxygen atoms in total. The summed E-state index contributed by atoms with van der Waals surface area (Å²) in [6.07, 6.45) is 1.10. The number of rotatable bonds is 6. The monoisotopic (exact) mass is 311 g/mol. The van der Waals surface area contributed by atoms with Gasteiger partial charge in [0.2, 0.25) is 0 Å². The van der Waals surface area contributed by atoms with E-state index < -0.39 is 7.51 Å². The van der Waals surface area contributed by atoms with Crippen LogP contribution in [0.15, 0.2) is 30.3 Å². The van der Waals surface area contributed by atoms with Crippen molar-refractivity contribution in [1.82, 2.24) is 14.0 Å². The van der Waals surface area contributed by atoms with E-state index in [-0.39, 0.29) is 0 Å². The zero-order valence-corrected chi connectivity index (χ0v) is 15.8. The maximum Gasteiger partial charge on any atom is 0.311 e. The molecule has 0 saturated carbocycles. The van der Waals surface area contributed by atoms with Crippen molar-refractivity contribution in [3.63, 3.8) is 0 Å². The first kappa shape index (κ1) is 18.4. The summed E-state index contributed by atoms with van der Waals surface area (Å²) in [4.78, 5) is 0. The highest BCUT2D eigenvalue weighted by molar-refractivity contribution is 7.56. The van der Waals surface area contributed by atoms with E-state index in [0.717, 1.165) is 6.42 Å². The van der Waals surface area contributed by atoms with Gasteiger partial charge in [-0.25, -0.2) is 18.3 Å². The van der Waals surface area contributed by atoms with Crippen LogP contribution in [0.1, 0.15) is 24.9 Å². The highest BCUT2D eigenvalue weighted by Crippen LogP contribution is 2.58. The quantitative estimate of drug-likeness (QED) is 0.747. The minimum Gasteiger partial charge on any atom is -0.228 e. The average molecular weight is 311 g/mol. The first-order valence-electron chi connectivity index (χ1n) is 7.50. The van der Waals surface area contributed by atoms with E-state index in [1.165, 1.54) is 5.56 Å². The molecule has 0 amide bonds. The molecule has 0 bridgehead atoms. The molecule has 1 unspecified atom stereocenters. The average Bonchev–Trinajstić information content (AvgIpc) is 2.40. The summed E-state index contributed by atoms with van der Waals surface area (Å²) >= 11 is 0. The fraction of sp³-hybridized carbons (Fsp3) is 0.625. The lowest BCUT2D eigenvalue weighted by Gasteiger charge is -2.42. The van der Waals surface area contributed by atoms with Crippen LogP contribution in [-0.4, -0.2) is 67.7 Å². The fourth-order valence-corrected chi connectivity index (χ4v) is 8.01. The third kappa shape index (κ3) is 3.40. The van der Waals surface area contributed by atoms with E-state index in [1.807, 2.05) is 0 Å². The molecule has 0 heterocycles. The molecule has 0 aliphatic carbocycles. The van der Waals surface area contributed by atoms with Crippen LogP contribution in [0.5, 0.6) is 0 Å². The van der Waals surface area contributed by atoms with Crippen molar-refractivity contribution < 1.29 is 4.33 Å². The van der Waals surface area contributed by atoms with Gasteiger partial charge in [-0.1, -0.05) is 37.3 Å². The molecule has 5 heteroatoms. The Bertz CT molecular complexity index is 480. The summed E-state index contributed by atoms with van der Waals surface area (Å²) in [6.45, 7) is 2.27. The van der Waals surface area contributed by atoms with E-state index in [4.69, 9.17) is 0 Å². The van der Waals surface area contributed by atoms with Gasteiger partial charge < -0.3 is 0 Å². The van der Waals surface area contributed by atoms with Crippen LogP contribution in [0.2, 0.25) is 0 Å². The van der Waals surface area contributed by atoms with Crippen molar-refractivity contribution in [1.29, 1.82) is 0 Å². The van der Waals surface area contributed by atoms with Gasteiger partial charge in [0.1, 0.15) is 14.1 Å². The maximum absolute atomic E-state index is 2.56. The molecule has 120 valence electrons. The van der Waals surface area contributed by atoms with Crippen molar-refractivity contribution in [3.8, 4) is 0 Å². The molecule has 0 N–H and O–H groups in total. The zero-order chi connectivity index (χ0) is 16.2. The molecule has 0 aliphatic heterocycles. The second kappa shape index (κ2) is 7.55. The summed E-state index contributed by atoms with van der Waals surface area (Å²) in [5.41, 5.74) is 1.39. The Labute approximate surface area is 131 Å². The molecule has 21 heavy (non-hydrogen) atoms. The highest BCUT2D eigenvalue weighted by atomic mass is 31.2. The molecule has 1 aromatic rings. The summed E-state index contributed by atoms with van der Waals surface area (Å²) < 4.78 is 9.68. The lowest BCUT2D eigenvalue weighted by Crippen LogP contribution is -2.38. The zero-order valence-electron chi connectivity index (χ0n) is 14.9. The normalized spacial score (nSPS) is 14.0. The van der Waals surface area contributed by atoms with E-state index >= 15 is 0 Å². The number of hydrogen-bond donors (Lipinski definition) is 0. The predicted molar refractivity (Wildman–Crippen MR) is 93.6 cm³/mol. The Morgan fingerprint density at radius 1 is 0.952 bits per heavy atom. The van der Waals surface area contributed by atoms with Crippen LogP contribution < -0.4 is 0 Å². The second-order valence-corrected chi connectivity index (χ2v) is 10.1. The largest absolute Gasteiger partial charge is 0.311 e. The molecular formula is C16H32N4P+. The standard InChI is InChI=1S/C16H32N4P/c1-9-16(15-13-11-10-12-14-15)20(8)21(17(2)3,18(4)5)19(6)7/h10-14,16H,9H2,1-8H3/q+1. The SMILES string of the molecule is CCC(c1ccccc1)N(C)P(N(C)C)(N(C)C)=[N+](C)C. The van der Waals surface area contributed by atoms with Crippen molar-refractivity contribution in [2.75, 3.05) is 49.3 Å². The van der Waals surface area contributed by atoms with Crippen molar-refractivity contribution in [2.45, 2.75) is 19.4 Å². The van der Waals surface area contributed by atoms with Crippen LogP contribution in [0.4, 0.5) is 0 Å². The molecule has 1 rings (SSSR count). The van der Waals surface area contributed by atoms with Crippen molar-refractivity contribution >= 4 is 7.51 Å². The lowest BCUT2D eigenvalue weighted by atomic mass is 10.1.